The highest BCUT2D eigenvalue weighted by Crippen LogP contribution is 2.41. The van der Waals surface area contributed by atoms with Crippen LogP contribution in [0.15, 0.2) is 5.38 Å². The van der Waals surface area contributed by atoms with Crippen molar-refractivity contribution in [2.24, 2.45) is 0 Å². The van der Waals surface area contributed by atoms with E-state index in [1.807, 2.05) is 12.3 Å². The maximum Gasteiger partial charge on any atom is 0.253 e. The van der Waals surface area contributed by atoms with Gasteiger partial charge in [-0.25, -0.2) is 0 Å². The summed E-state index contributed by atoms with van der Waals surface area (Å²) >= 11 is 1.66. The summed E-state index contributed by atoms with van der Waals surface area (Å²) in [6.45, 7) is 3.24. The van der Waals surface area contributed by atoms with E-state index in [1.165, 1.54) is 4.88 Å². The summed E-state index contributed by atoms with van der Waals surface area (Å²) in [6, 6.07) is 0. The van der Waals surface area contributed by atoms with Crippen molar-refractivity contribution < 1.29 is 9.53 Å². The summed E-state index contributed by atoms with van der Waals surface area (Å²) in [5.74, 6) is 0.0667. The lowest BCUT2D eigenvalue weighted by atomic mass is 9.96. The number of hydrogen-bond acceptors (Lipinski definition) is 3. The van der Waals surface area contributed by atoms with Crippen LogP contribution in [0.5, 0.6) is 0 Å². The van der Waals surface area contributed by atoms with E-state index in [4.69, 9.17) is 4.74 Å². The Labute approximate surface area is 79.7 Å². The molecule has 2 aliphatic rings. The molecule has 1 spiro atoms. The largest absolute Gasteiger partial charge is 0.376 e. The maximum atomic E-state index is 11.6. The van der Waals surface area contributed by atoms with Gasteiger partial charge in [0.25, 0.3) is 5.91 Å². The van der Waals surface area contributed by atoms with E-state index in [0.29, 0.717) is 13.2 Å². The van der Waals surface area contributed by atoms with E-state index in [9.17, 15) is 4.79 Å². The number of carbonyl (C=O) groups excluding carboxylic acids is 1. The molecule has 3 rings (SSSR count). The second-order valence-corrected chi connectivity index (χ2v) is 4.53. The van der Waals surface area contributed by atoms with Crippen LogP contribution in [-0.4, -0.2) is 19.1 Å². The van der Waals surface area contributed by atoms with Gasteiger partial charge in [0.15, 0.2) is 0 Å². The van der Waals surface area contributed by atoms with Gasteiger partial charge >= 0.3 is 0 Å². The quantitative estimate of drug-likeness (QED) is 0.671. The molecule has 0 atom stereocenters. The third-order valence-electron chi connectivity index (χ3n) is 2.69. The maximum absolute atomic E-state index is 11.6. The highest BCUT2D eigenvalue weighted by atomic mass is 32.1. The number of hydrogen-bond donors (Lipinski definition) is 1. The predicted molar refractivity (Wildman–Crippen MR) is 49.0 cm³/mol. The van der Waals surface area contributed by atoms with Crippen molar-refractivity contribution in [3.63, 3.8) is 0 Å². The molecule has 0 aromatic carbocycles. The average molecular weight is 195 g/mol. The lowest BCUT2D eigenvalue weighted by Crippen LogP contribution is -2.54. The van der Waals surface area contributed by atoms with Crippen LogP contribution < -0.4 is 5.32 Å². The molecule has 1 N–H and O–H groups in total. The predicted octanol–water partition coefficient (Wildman–Crippen LogP) is 1.03. The zero-order chi connectivity index (χ0) is 9.05. The highest BCUT2D eigenvalue weighted by molar-refractivity contribution is 7.10. The summed E-state index contributed by atoms with van der Waals surface area (Å²) in [7, 11) is 0. The first-order chi connectivity index (χ1) is 6.23. The Morgan fingerprint density at radius 3 is 3.00 bits per heavy atom. The first-order valence-corrected chi connectivity index (χ1v) is 5.10. The molecule has 0 saturated carbocycles. The van der Waals surface area contributed by atoms with Crippen molar-refractivity contribution in [2.75, 3.05) is 13.2 Å². The molecule has 13 heavy (non-hydrogen) atoms. The van der Waals surface area contributed by atoms with Gasteiger partial charge < -0.3 is 10.1 Å². The molecular formula is C9H9NO2S. The third-order valence-corrected chi connectivity index (χ3v) is 3.99. The van der Waals surface area contributed by atoms with Crippen LogP contribution in [0, 0.1) is 6.92 Å². The monoisotopic (exact) mass is 195 g/mol. The Morgan fingerprint density at radius 2 is 2.38 bits per heavy atom. The third kappa shape index (κ3) is 0.752. The van der Waals surface area contributed by atoms with Gasteiger partial charge in [0.1, 0.15) is 5.54 Å². The molecule has 1 aromatic rings. The molecular weight excluding hydrogens is 186 g/mol. The van der Waals surface area contributed by atoms with Crippen molar-refractivity contribution in [1.82, 2.24) is 5.32 Å². The topological polar surface area (TPSA) is 38.3 Å². The summed E-state index contributed by atoms with van der Waals surface area (Å²) < 4.78 is 5.17. The fraction of sp³-hybridized carbons (Fsp3) is 0.444. The fourth-order valence-corrected chi connectivity index (χ4v) is 3.10. The molecule has 0 unspecified atom stereocenters. The molecule has 3 heterocycles. The normalized spacial score (nSPS) is 22.7. The van der Waals surface area contributed by atoms with E-state index >= 15 is 0 Å². The molecule has 1 amide bonds. The van der Waals surface area contributed by atoms with E-state index in [-0.39, 0.29) is 11.4 Å². The van der Waals surface area contributed by atoms with Crippen LogP contribution in [-0.2, 0) is 10.3 Å². The number of aryl methyl sites for hydroxylation is 1. The molecule has 0 bridgehead atoms. The lowest BCUT2D eigenvalue weighted by molar-refractivity contribution is -0.0673. The minimum absolute atomic E-state index is 0.0667. The van der Waals surface area contributed by atoms with Gasteiger partial charge in [-0.15, -0.1) is 11.3 Å². The van der Waals surface area contributed by atoms with Crippen LogP contribution in [0.3, 0.4) is 0 Å². The Balaban J connectivity index is 2.21. The van der Waals surface area contributed by atoms with Crippen molar-refractivity contribution in [2.45, 2.75) is 12.5 Å². The first kappa shape index (κ1) is 7.53. The molecule has 3 nitrogen and oxygen atoms in total. The summed E-state index contributed by atoms with van der Waals surface area (Å²) in [5.41, 5.74) is 1.81. The summed E-state index contributed by atoms with van der Waals surface area (Å²) in [6.07, 6.45) is 0. The number of rotatable bonds is 0. The zero-order valence-corrected chi connectivity index (χ0v) is 8.03. The van der Waals surface area contributed by atoms with Gasteiger partial charge in [-0.1, -0.05) is 0 Å². The van der Waals surface area contributed by atoms with Crippen LogP contribution in [0.4, 0.5) is 0 Å². The fourth-order valence-electron chi connectivity index (χ4n) is 1.92. The highest BCUT2D eigenvalue weighted by Gasteiger charge is 2.50. The molecule has 1 saturated heterocycles. The second kappa shape index (κ2) is 2.13. The van der Waals surface area contributed by atoms with E-state index in [2.05, 4.69) is 5.32 Å². The van der Waals surface area contributed by atoms with E-state index < -0.39 is 0 Å². The smallest absolute Gasteiger partial charge is 0.253 e. The molecule has 2 aliphatic heterocycles. The molecule has 1 aromatic heterocycles. The van der Waals surface area contributed by atoms with Crippen LogP contribution in [0.25, 0.3) is 0 Å². The Kier molecular flexibility index (Phi) is 1.24. The minimum atomic E-state index is -0.161. The molecule has 68 valence electrons. The Hall–Kier alpha value is -0.870. The van der Waals surface area contributed by atoms with Crippen LogP contribution in [0.2, 0.25) is 0 Å². The van der Waals surface area contributed by atoms with Gasteiger partial charge in [0.05, 0.1) is 18.8 Å². The minimum Gasteiger partial charge on any atom is -0.376 e. The van der Waals surface area contributed by atoms with Gasteiger partial charge in [-0.05, 0) is 17.9 Å². The van der Waals surface area contributed by atoms with E-state index in [1.54, 1.807) is 11.3 Å². The van der Waals surface area contributed by atoms with Gasteiger partial charge in [0.2, 0.25) is 0 Å². The molecule has 1 fully saturated rings. The number of thiophene rings is 1. The average Bonchev–Trinajstić information content (AvgIpc) is 2.51. The molecule has 4 heteroatoms. The summed E-state index contributed by atoms with van der Waals surface area (Å²) in [4.78, 5) is 12.8. The summed E-state index contributed by atoms with van der Waals surface area (Å²) in [5, 5.41) is 5.04. The van der Waals surface area contributed by atoms with Crippen LogP contribution >= 0.6 is 11.3 Å². The van der Waals surface area contributed by atoms with Crippen molar-refractivity contribution in [3.05, 3.63) is 21.4 Å². The Morgan fingerprint density at radius 1 is 1.62 bits per heavy atom. The van der Waals surface area contributed by atoms with Crippen molar-refractivity contribution in [1.29, 1.82) is 0 Å². The number of amides is 1. The number of carbonyl (C=O) groups is 1. The zero-order valence-electron chi connectivity index (χ0n) is 7.22. The Bertz CT molecular complexity index is 392. The number of fused-ring (bicyclic) bond motifs is 2. The van der Waals surface area contributed by atoms with Gasteiger partial charge in [-0.2, -0.15) is 0 Å². The SMILES string of the molecule is Cc1csc2c1C(=O)NC21COC1. The molecule has 0 aliphatic carbocycles. The standard InChI is InChI=1S/C9H9NO2S/c1-5-2-13-7-6(5)8(11)10-9(7)3-12-4-9/h2H,3-4H2,1H3,(H,10,11). The van der Waals surface area contributed by atoms with Gasteiger partial charge in [0, 0.05) is 4.88 Å². The first-order valence-electron chi connectivity index (χ1n) is 4.22. The second-order valence-electron chi connectivity index (χ2n) is 3.65. The van der Waals surface area contributed by atoms with Crippen LogP contribution in [0.1, 0.15) is 20.8 Å². The number of nitrogens with one attached hydrogen (secondary N) is 1. The molecule has 0 radical (unpaired) electrons. The lowest BCUT2D eigenvalue weighted by Gasteiger charge is -2.37. The number of ether oxygens (including phenoxy) is 1. The van der Waals surface area contributed by atoms with Crippen molar-refractivity contribution in [3.8, 4) is 0 Å². The van der Waals surface area contributed by atoms with Gasteiger partial charge in [-0.3, -0.25) is 4.79 Å². The van der Waals surface area contributed by atoms with Crippen molar-refractivity contribution >= 4 is 17.2 Å². The van der Waals surface area contributed by atoms with E-state index in [0.717, 1.165) is 11.1 Å².